The number of nitrogens with one attached hydrogen (secondary N) is 1. The van der Waals surface area contributed by atoms with Crippen LogP contribution in [-0.2, 0) is 16.0 Å². The molecule has 6 rings (SSSR count). The fourth-order valence-corrected chi connectivity index (χ4v) is 6.36. The number of methoxy groups -OCH3 is 1. The molecule has 2 atom stereocenters. The van der Waals surface area contributed by atoms with Gasteiger partial charge in [0, 0.05) is 29.1 Å². The van der Waals surface area contributed by atoms with E-state index in [1.807, 2.05) is 54.0 Å². The van der Waals surface area contributed by atoms with Gasteiger partial charge in [-0.2, -0.15) is 0 Å². The number of ether oxygens (including phenoxy) is 2. The number of hydrogen-bond donors (Lipinski definition) is 1. The van der Waals surface area contributed by atoms with Crippen molar-refractivity contribution in [1.82, 2.24) is 14.8 Å². The topological polar surface area (TPSA) is 74.9 Å². The predicted molar refractivity (Wildman–Crippen MR) is 137 cm³/mol. The first-order chi connectivity index (χ1) is 17.5. The Balaban J connectivity index is 1.49. The second-order valence-corrected chi connectivity index (χ2v) is 10.5. The van der Waals surface area contributed by atoms with Crippen molar-refractivity contribution in [3.05, 3.63) is 59.3 Å². The van der Waals surface area contributed by atoms with Gasteiger partial charge in [-0.05, 0) is 56.0 Å². The van der Waals surface area contributed by atoms with Crippen LogP contribution in [0.1, 0.15) is 62.4 Å². The molecule has 0 radical (unpaired) electrons. The second-order valence-electron chi connectivity index (χ2n) is 10.5. The molecule has 188 valence electrons. The number of amides is 2. The molecule has 2 aromatic carbocycles. The molecule has 3 aromatic rings. The minimum absolute atomic E-state index is 0.00211. The molecule has 0 unspecified atom stereocenters. The number of benzene rings is 2. The molecule has 1 aliphatic carbocycles. The lowest BCUT2D eigenvalue weighted by Gasteiger charge is -2.48. The number of rotatable bonds is 5. The summed E-state index contributed by atoms with van der Waals surface area (Å²) in [6, 6.07) is 13.3. The normalized spacial score (nSPS) is 22.3. The summed E-state index contributed by atoms with van der Waals surface area (Å²) in [6.07, 6.45) is 4.75. The standard InChI is InChI=1S/C29H33N3O4/c1-17(2)36-24-13-12-18(14-25(24)35-3)28-27-21(20-10-6-7-11-22(20)30-27)15-23-29(34)31(16-26(33)32(23)28)19-8-4-5-9-19/h6-7,10-14,17,19,23,28,30H,4-5,8-9,15-16H2,1-3H3/t23-,28+/m0/s1. The fraction of sp³-hybridized carbons (Fsp3) is 0.448. The highest BCUT2D eigenvalue weighted by molar-refractivity contribution is 5.98. The summed E-state index contributed by atoms with van der Waals surface area (Å²) in [6.45, 7) is 4.10. The lowest BCUT2D eigenvalue weighted by molar-refractivity contribution is -0.160. The number of aromatic nitrogens is 1. The Morgan fingerprint density at radius 1 is 1.03 bits per heavy atom. The van der Waals surface area contributed by atoms with Gasteiger partial charge < -0.3 is 24.3 Å². The fourth-order valence-electron chi connectivity index (χ4n) is 6.36. The minimum Gasteiger partial charge on any atom is -0.493 e. The summed E-state index contributed by atoms with van der Waals surface area (Å²) in [5.41, 5.74) is 4.01. The number of piperazine rings is 1. The number of H-pyrrole nitrogens is 1. The Hall–Kier alpha value is -3.48. The van der Waals surface area contributed by atoms with Gasteiger partial charge in [0.1, 0.15) is 12.6 Å². The van der Waals surface area contributed by atoms with Crippen LogP contribution in [0.3, 0.4) is 0 Å². The lowest BCUT2D eigenvalue weighted by atomic mass is 9.85. The molecular formula is C29H33N3O4. The Kier molecular flexibility index (Phi) is 5.66. The third kappa shape index (κ3) is 3.64. The molecule has 3 aliphatic rings. The average Bonchev–Trinajstić information content (AvgIpc) is 3.53. The quantitative estimate of drug-likeness (QED) is 0.571. The maximum Gasteiger partial charge on any atom is 0.246 e. The predicted octanol–water partition coefficient (Wildman–Crippen LogP) is 4.59. The van der Waals surface area contributed by atoms with Crippen molar-refractivity contribution in [3.63, 3.8) is 0 Å². The summed E-state index contributed by atoms with van der Waals surface area (Å²) in [5.74, 6) is 1.36. The van der Waals surface area contributed by atoms with Gasteiger partial charge in [0.2, 0.25) is 11.8 Å². The molecule has 2 amide bonds. The SMILES string of the molecule is COc1cc([C@@H]2c3[nH]c4ccccc4c3C[C@H]3C(=O)N(C4CCCC4)CC(=O)N23)ccc1OC(C)C. The van der Waals surface area contributed by atoms with Crippen LogP contribution in [0.2, 0.25) is 0 Å². The van der Waals surface area contributed by atoms with Crippen LogP contribution in [-0.4, -0.2) is 58.4 Å². The largest absolute Gasteiger partial charge is 0.493 e. The summed E-state index contributed by atoms with van der Waals surface area (Å²) < 4.78 is 11.6. The Labute approximate surface area is 211 Å². The van der Waals surface area contributed by atoms with E-state index < -0.39 is 12.1 Å². The Bertz CT molecular complexity index is 1320. The monoisotopic (exact) mass is 487 g/mol. The van der Waals surface area contributed by atoms with E-state index >= 15 is 0 Å². The van der Waals surface area contributed by atoms with Crippen molar-refractivity contribution >= 4 is 22.7 Å². The first-order valence-corrected chi connectivity index (χ1v) is 13.0. The van der Waals surface area contributed by atoms with E-state index in [0.29, 0.717) is 17.9 Å². The van der Waals surface area contributed by atoms with Gasteiger partial charge in [0.05, 0.1) is 19.3 Å². The first kappa shape index (κ1) is 23.0. The van der Waals surface area contributed by atoms with E-state index in [2.05, 4.69) is 17.1 Å². The molecule has 1 N–H and O–H groups in total. The molecule has 2 aliphatic heterocycles. The zero-order valence-electron chi connectivity index (χ0n) is 21.1. The molecule has 2 fully saturated rings. The molecule has 1 aromatic heterocycles. The molecule has 1 saturated carbocycles. The molecular weight excluding hydrogens is 454 g/mol. The molecule has 7 heteroatoms. The van der Waals surface area contributed by atoms with Crippen LogP contribution in [0.15, 0.2) is 42.5 Å². The third-order valence-electron chi connectivity index (χ3n) is 7.92. The maximum absolute atomic E-state index is 13.9. The molecule has 1 saturated heterocycles. The first-order valence-electron chi connectivity index (χ1n) is 13.0. The van der Waals surface area contributed by atoms with Crippen molar-refractivity contribution < 1.29 is 19.1 Å². The zero-order chi connectivity index (χ0) is 25.0. The molecule has 7 nitrogen and oxygen atoms in total. The van der Waals surface area contributed by atoms with E-state index in [0.717, 1.165) is 53.4 Å². The van der Waals surface area contributed by atoms with E-state index in [-0.39, 0.29) is 30.5 Å². The summed E-state index contributed by atoms with van der Waals surface area (Å²) >= 11 is 0. The maximum atomic E-state index is 13.9. The summed E-state index contributed by atoms with van der Waals surface area (Å²) in [5, 5.41) is 1.11. The van der Waals surface area contributed by atoms with Crippen LogP contribution < -0.4 is 9.47 Å². The van der Waals surface area contributed by atoms with Crippen LogP contribution in [0.25, 0.3) is 10.9 Å². The molecule has 0 spiro atoms. The zero-order valence-corrected chi connectivity index (χ0v) is 21.1. The van der Waals surface area contributed by atoms with Crippen molar-refractivity contribution in [1.29, 1.82) is 0 Å². The third-order valence-corrected chi connectivity index (χ3v) is 7.92. The number of carbonyl (C=O) groups excluding carboxylic acids is 2. The van der Waals surface area contributed by atoms with E-state index in [4.69, 9.17) is 9.47 Å². The minimum atomic E-state index is -0.513. The number of para-hydroxylation sites is 1. The van der Waals surface area contributed by atoms with Gasteiger partial charge in [-0.15, -0.1) is 0 Å². The van der Waals surface area contributed by atoms with Gasteiger partial charge in [-0.3, -0.25) is 9.59 Å². The molecule has 0 bridgehead atoms. The summed E-state index contributed by atoms with van der Waals surface area (Å²) in [7, 11) is 1.62. The number of fused-ring (bicyclic) bond motifs is 4. The number of carbonyl (C=O) groups is 2. The highest BCUT2D eigenvalue weighted by Crippen LogP contribution is 2.45. The van der Waals surface area contributed by atoms with E-state index in [9.17, 15) is 9.59 Å². The van der Waals surface area contributed by atoms with Crippen LogP contribution in [0.5, 0.6) is 11.5 Å². The highest BCUT2D eigenvalue weighted by atomic mass is 16.5. The van der Waals surface area contributed by atoms with Gasteiger partial charge in [-0.1, -0.05) is 37.1 Å². The average molecular weight is 488 g/mol. The van der Waals surface area contributed by atoms with Gasteiger partial charge in [0.25, 0.3) is 0 Å². The van der Waals surface area contributed by atoms with Crippen LogP contribution in [0, 0.1) is 0 Å². The number of aromatic amines is 1. The van der Waals surface area contributed by atoms with E-state index in [1.165, 1.54) is 0 Å². The van der Waals surface area contributed by atoms with Crippen molar-refractivity contribution in [3.8, 4) is 11.5 Å². The highest BCUT2D eigenvalue weighted by Gasteiger charge is 2.49. The Morgan fingerprint density at radius 3 is 2.56 bits per heavy atom. The van der Waals surface area contributed by atoms with Crippen LogP contribution >= 0.6 is 0 Å². The summed E-state index contributed by atoms with van der Waals surface area (Å²) in [4.78, 5) is 35.0. The number of hydrogen-bond acceptors (Lipinski definition) is 4. The van der Waals surface area contributed by atoms with E-state index in [1.54, 1.807) is 7.11 Å². The van der Waals surface area contributed by atoms with Gasteiger partial charge >= 0.3 is 0 Å². The lowest BCUT2D eigenvalue weighted by Crippen LogP contribution is -2.64. The van der Waals surface area contributed by atoms with Crippen molar-refractivity contribution in [2.45, 2.75) is 70.2 Å². The van der Waals surface area contributed by atoms with Crippen molar-refractivity contribution in [2.24, 2.45) is 0 Å². The van der Waals surface area contributed by atoms with Gasteiger partial charge in [-0.25, -0.2) is 0 Å². The second kappa shape index (κ2) is 8.87. The van der Waals surface area contributed by atoms with Crippen molar-refractivity contribution in [2.75, 3.05) is 13.7 Å². The van der Waals surface area contributed by atoms with Gasteiger partial charge in [0.15, 0.2) is 11.5 Å². The molecule has 36 heavy (non-hydrogen) atoms. The number of nitrogens with zero attached hydrogens (tertiary/aromatic N) is 2. The molecule has 3 heterocycles. The smallest absolute Gasteiger partial charge is 0.246 e. The van der Waals surface area contributed by atoms with Crippen LogP contribution in [0.4, 0.5) is 0 Å². The Morgan fingerprint density at radius 2 is 1.81 bits per heavy atom.